The molecule has 0 unspecified atom stereocenters. The van der Waals surface area contributed by atoms with Gasteiger partial charge in [0.25, 0.3) is 0 Å². The zero-order valence-electron chi connectivity index (χ0n) is 14.9. The van der Waals surface area contributed by atoms with Gasteiger partial charge in [-0.05, 0) is 26.3 Å². The molecule has 2 aliphatic rings. The molecule has 4 atom stereocenters. The number of aromatic nitrogens is 2. The number of hydrogen-bond acceptors (Lipinski definition) is 6. The molecule has 0 radical (unpaired) electrons. The maximum absolute atomic E-state index is 12.5. The second kappa shape index (κ2) is 6.51. The summed E-state index contributed by atoms with van der Waals surface area (Å²) in [4.78, 5) is 28.2. The summed E-state index contributed by atoms with van der Waals surface area (Å²) in [6.07, 6.45) is 1.61. The van der Waals surface area contributed by atoms with Crippen LogP contribution < -0.4 is 11.0 Å². The second-order valence-corrected chi connectivity index (χ2v) is 7.46. The fourth-order valence-electron chi connectivity index (χ4n) is 3.51. The van der Waals surface area contributed by atoms with Crippen LogP contribution in [0.25, 0.3) is 0 Å². The Kier molecular flexibility index (Phi) is 4.70. The molecule has 3 rings (SSSR count). The summed E-state index contributed by atoms with van der Waals surface area (Å²) < 4.78 is 13.4. The summed E-state index contributed by atoms with van der Waals surface area (Å²) in [7, 11) is 0. The van der Waals surface area contributed by atoms with Crippen molar-refractivity contribution in [2.75, 3.05) is 11.9 Å². The van der Waals surface area contributed by atoms with Crippen molar-refractivity contribution < 1.29 is 19.4 Å². The molecule has 1 saturated carbocycles. The molecule has 1 aliphatic heterocycles. The van der Waals surface area contributed by atoms with Crippen molar-refractivity contribution in [2.45, 2.75) is 58.2 Å². The summed E-state index contributed by atoms with van der Waals surface area (Å²) in [5, 5.41) is 12.2. The third-order valence-corrected chi connectivity index (χ3v) is 4.75. The maximum atomic E-state index is 12.5. The highest BCUT2D eigenvalue weighted by molar-refractivity contribution is 5.91. The number of rotatable bonds is 4. The van der Waals surface area contributed by atoms with E-state index in [1.54, 1.807) is 26.1 Å². The van der Waals surface area contributed by atoms with Crippen LogP contribution in [0.15, 0.2) is 17.1 Å². The van der Waals surface area contributed by atoms with Gasteiger partial charge < -0.3 is 19.9 Å². The second-order valence-electron chi connectivity index (χ2n) is 7.46. The first-order valence-electron chi connectivity index (χ1n) is 8.58. The number of nitrogens with one attached hydrogen (secondary N) is 1. The number of amides is 1. The molecular weight excluding hydrogens is 326 g/mol. The monoisotopic (exact) mass is 351 g/mol. The Hall–Kier alpha value is -1.77. The number of aliphatic hydroxyl groups excluding tert-OH is 1. The predicted octanol–water partition coefficient (Wildman–Crippen LogP) is 0.911. The minimum atomic E-state index is -0.746. The predicted molar refractivity (Wildman–Crippen MR) is 90.0 cm³/mol. The molecule has 1 aromatic heterocycles. The fraction of sp³-hybridized carbons (Fsp3) is 0.706. The first kappa shape index (κ1) is 18.0. The Morgan fingerprint density at radius 1 is 1.44 bits per heavy atom. The Morgan fingerprint density at radius 2 is 2.12 bits per heavy atom. The maximum Gasteiger partial charge on any atom is 0.349 e. The van der Waals surface area contributed by atoms with E-state index in [0.717, 1.165) is 0 Å². The number of hydrogen-bond donors (Lipinski definition) is 2. The van der Waals surface area contributed by atoms with Crippen LogP contribution in [0.5, 0.6) is 0 Å². The van der Waals surface area contributed by atoms with Crippen LogP contribution in [-0.4, -0.2) is 45.2 Å². The molecule has 138 valence electrons. The molecule has 2 N–H and O–H groups in total. The molecule has 1 aromatic rings. The van der Waals surface area contributed by atoms with Crippen LogP contribution in [0.1, 0.15) is 40.2 Å². The molecule has 0 aromatic carbocycles. The van der Waals surface area contributed by atoms with E-state index in [-0.39, 0.29) is 48.4 Å². The van der Waals surface area contributed by atoms with Gasteiger partial charge in [0.2, 0.25) is 5.91 Å². The van der Waals surface area contributed by atoms with Crippen molar-refractivity contribution in [2.24, 2.45) is 11.8 Å². The van der Waals surface area contributed by atoms with Gasteiger partial charge in [0.15, 0.2) is 5.79 Å². The molecule has 0 bridgehead atoms. The van der Waals surface area contributed by atoms with Gasteiger partial charge in [-0.25, -0.2) is 4.79 Å². The lowest BCUT2D eigenvalue weighted by molar-refractivity contribution is -0.161. The molecule has 1 saturated heterocycles. The topological polar surface area (TPSA) is 103 Å². The SMILES string of the molecule is CC(C)C(=O)Nc1ccn([C@@H]2C[C@H](CO)[C@H]3OC(C)(C)O[C@H]32)c(=O)n1. The fourth-order valence-corrected chi connectivity index (χ4v) is 3.51. The van der Waals surface area contributed by atoms with Gasteiger partial charge in [-0.3, -0.25) is 9.36 Å². The van der Waals surface area contributed by atoms with Crippen LogP contribution in [0.3, 0.4) is 0 Å². The highest BCUT2D eigenvalue weighted by Crippen LogP contribution is 2.46. The van der Waals surface area contributed by atoms with Crippen LogP contribution in [-0.2, 0) is 14.3 Å². The summed E-state index contributed by atoms with van der Waals surface area (Å²) >= 11 is 0. The van der Waals surface area contributed by atoms with Crippen molar-refractivity contribution in [3.05, 3.63) is 22.7 Å². The molecule has 0 spiro atoms. The van der Waals surface area contributed by atoms with E-state index < -0.39 is 11.5 Å². The lowest BCUT2D eigenvalue weighted by Gasteiger charge is -2.24. The Labute approximate surface area is 146 Å². The average molecular weight is 351 g/mol. The Morgan fingerprint density at radius 3 is 2.72 bits per heavy atom. The molecule has 25 heavy (non-hydrogen) atoms. The van der Waals surface area contributed by atoms with E-state index in [0.29, 0.717) is 6.42 Å². The quantitative estimate of drug-likeness (QED) is 0.836. The highest BCUT2D eigenvalue weighted by atomic mass is 16.8. The Bertz CT molecular complexity index is 714. The van der Waals surface area contributed by atoms with Crippen molar-refractivity contribution in [1.29, 1.82) is 0 Å². The van der Waals surface area contributed by atoms with Gasteiger partial charge in [0, 0.05) is 24.6 Å². The van der Waals surface area contributed by atoms with Crippen LogP contribution >= 0.6 is 0 Å². The molecule has 1 aliphatic carbocycles. The largest absolute Gasteiger partial charge is 0.396 e. The lowest BCUT2D eigenvalue weighted by atomic mass is 10.1. The van der Waals surface area contributed by atoms with Crippen LogP contribution in [0, 0.1) is 11.8 Å². The van der Waals surface area contributed by atoms with Gasteiger partial charge in [0.05, 0.1) is 12.1 Å². The summed E-state index contributed by atoms with van der Waals surface area (Å²) in [6.45, 7) is 7.15. The summed E-state index contributed by atoms with van der Waals surface area (Å²) in [6, 6.07) is 1.34. The standard InChI is InChI=1S/C17H25N3O5/c1-9(2)15(22)18-12-5-6-20(16(23)19-12)11-7-10(8-21)13-14(11)25-17(3,4)24-13/h5-6,9-11,13-14,21H,7-8H2,1-4H3,(H,18,19,22,23)/t10-,11-,13-,14+/m1/s1. The third kappa shape index (κ3) is 3.47. The van der Waals surface area contributed by atoms with Crippen molar-refractivity contribution in [3.8, 4) is 0 Å². The minimum absolute atomic E-state index is 0.0260. The van der Waals surface area contributed by atoms with Crippen molar-refractivity contribution in [1.82, 2.24) is 9.55 Å². The van der Waals surface area contributed by atoms with Gasteiger partial charge >= 0.3 is 5.69 Å². The molecule has 8 heteroatoms. The number of anilines is 1. The molecule has 2 heterocycles. The first-order valence-corrected chi connectivity index (χ1v) is 8.58. The molecule has 2 fully saturated rings. The average Bonchev–Trinajstić information content (AvgIpc) is 3.00. The van der Waals surface area contributed by atoms with E-state index in [2.05, 4.69) is 10.3 Å². The zero-order chi connectivity index (χ0) is 18.4. The first-order chi connectivity index (χ1) is 11.7. The summed E-state index contributed by atoms with van der Waals surface area (Å²) in [5.41, 5.74) is -0.461. The smallest absolute Gasteiger partial charge is 0.349 e. The van der Waals surface area contributed by atoms with Crippen molar-refractivity contribution >= 4 is 11.7 Å². The molecule has 8 nitrogen and oxygen atoms in total. The van der Waals surface area contributed by atoms with E-state index in [1.165, 1.54) is 4.57 Å². The highest BCUT2D eigenvalue weighted by Gasteiger charge is 2.54. The minimum Gasteiger partial charge on any atom is -0.396 e. The summed E-state index contributed by atoms with van der Waals surface area (Å²) in [5.74, 6) is -0.998. The van der Waals surface area contributed by atoms with Crippen molar-refractivity contribution in [3.63, 3.8) is 0 Å². The number of fused-ring (bicyclic) bond motifs is 1. The van der Waals surface area contributed by atoms with E-state index in [9.17, 15) is 14.7 Å². The van der Waals surface area contributed by atoms with Crippen LogP contribution in [0.2, 0.25) is 0 Å². The van der Waals surface area contributed by atoms with Gasteiger partial charge in [-0.2, -0.15) is 4.98 Å². The number of carbonyl (C=O) groups is 1. The Balaban J connectivity index is 1.84. The van der Waals surface area contributed by atoms with E-state index in [1.807, 2.05) is 13.8 Å². The van der Waals surface area contributed by atoms with Crippen LogP contribution in [0.4, 0.5) is 5.82 Å². The molecule has 1 amide bonds. The van der Waals surface area contributed by atoms with Gasteiger partial charge in [-0.15, -0.1) is 0 Å². The van der Waals surface area contributed by atoms with Gasteiger partial charge in [0.1, 0.15) is 11.9 Å². The molecular formula is C17H25N3O5. The number of nitrogens with zero attached hydrogens (tertiary/aromatic N) is 2. The number of ether oxygens (including phenoxy) is 2. The lowest BCUT2D eigenvalue weighted by Crippen LogP contribution is -2.34. The van der Waals surface area contributed by atoms with E-state index in [4.69, 9.17) is 9.47 Å². The number of carbonyl (C=O) groups excluding carboxylic acids is 1. The van der Waals surface area contributed by atoms with Gasteiger partial charge in [-0.1, -0.05) is 13.8 Å². The zero-order valence-corrected chi connectivity index (χ0v) is 14.9. The number of aliphatic hydroxyl groups is 1. The van der Waals surface area contributed by atoms with E-state index >= 15 is 0 Å². The third-order valence-electron chi connectivity index (χ3n) is 4.75. The normalized spacial score (nSPS) is 30.5.